The number of rotatable bonds is 6. The maximum Gasteiger partial charge on any atom is 0.242 e. The van der Waals surface area contributed by atoms with E-state index in [1.54, 1.807) is 30.3 Å². The zero-order valence-corrected chi connectivity index (χ0v) is 15.7. The fraction of sp³-hybridized carbons (Fsp3) is 0.267. The molecule has 0 aliphatic rings. The van der Waals surface area contributed by atoms with E-state index in [4.69, 9.17) is 17.0 Å². The summed E-state index contributed by atoms with van der Waals surface area (Å²) >= 11 is 5.21. The standard InChI is InChI=1S/C15H19N5O3S2/c1-20(2)25(21,22)12-6-4-11(5-7-12)9-16-15(24)19-13-8-14(23-3)18-10-17-13/h4-8,10H,9H2,1-3H3,(H2,16,17,18,19,24). The molecule has 0 saturated carbocycles. The van der Waals surface area contributed by atoms with Crippen LogP contribution in [0.5, 0.6) is 5.88 Å². The van der Waals surface area contributed by atoms with Gasteiger partial charge in [-0.05, 0) is 29.9 Å². The number of methoxy groups -OCH3 is 1. The second-order valence-electron chi connectivity index (χ2n) is 5.18. The van der Waals surface area contributed by atoms with Crippen LogP contribution in [0.25, 0.3) is 0 Å². The lowest BCUT2D eigenvalue weighted by Gasteiger charge is -2.13. The van der Waals surface area contributed by atoms with Gasteiger partial charge in [0.05, 0.1) is 12.0 Å². The fourth-order valence-electron chi connectivity index (χ4n) is 1.85. The first kappa shape index (κ1) is 19.0. The van der Waals surface area contributed by atoms with E-state index in [1.165, 1.54) is 31.8 Å². The summed E-state index contributed by atoms with van der Waals surface area (Å²) in [6.07, 6.45) is 1.37. The molecule has 1 aromatic heterocycles. The van der Waals surface area contributed by atoms with Crippen LogP contribution >= 0.6 is 12.2 Å². The van der Waals surface area contributed by atoms with Gasteiger partial charge in [-0.15, -0.1) is 0 Å². The summed E-state index contributed by atoms with van der Waals surface area (Å²) < 4.78 is 30.2. The number of benzene rings is 1. The van der Waals surface area contributed by atoms with Crippen LogP contribution < -0.4 is 15.4 Å². The lowest BCUT2D eigenvalue weighted by Crippen LogP contribution is -2.28. The van der Waals surface area contributed by atoms with Crippen molar-refractivity contribution in [3.05, 3.63) is 42.2 Å². The van der Waals surface area contributed by atoms with Gasteiger partial charge in [0.2, 0.25) is 15.9 Å². The van der Waals surface area contributed by atoms with E-state index < -0.39 is 10.0 Å². The summed E-state index contributed by atoms with van der Waals surface area (Å²) in [7, 11) is 1.09. The number of nitrogens with zero attached hydrogens (tertiary/aromatic N) is 3. The van der Waals surface area contributed by atoms with Gasteiger partial charge >= 0.3 is 0 Å². The molecule has 0 unspecified atom stereocenters. The molecule has 8 nitrogen and oxygen atoms in total. The average molecular weight is 381 g/mol. The topological polar surface area (TPSA) is 96.5 Å². The molecule has 0 atom stereocenters. The van der Waals surface area contributed by atoms with Crippen LogP contribution in [-0.4, -0.2) is 49.0 Å². The van der Waals surface area contributed by atoms with Gasteiger partial charge in [-0.1, -0.05) is 12.1 Å². The molecule has 1 heterocycles. The van der Waals surface area contributed by atoms with E-state index in [1.807, 2.05) is 0 Å². The highest BCUT2D eigenvalue weighted by Crippen LogP contribution is 2.14. The van der Waals surface area contributed by atoms with Crippen LogP contribution in [-0.2, 0) is 16.6 Å². The zero-order chi connectivity index (χ0) is 18.4. The number of anilines is 1. The predicted molar refractivity (Wildman–Crippen MR) is 99.0 cm³/mol. The van der Waals surface area contributed by atoms with E-state index in [0.717, 1.165) is 5.56 Å². The third-order valence-corrected chi connectivity index (χ3v) is 5.32. The lowest BCUT2D eigenvalue weighted by molar-refractivity contribution is 0.397. The van der Waals surface area contributed by atoms with Gasteiger partial charge < -0.3 is 15.4 Å². The molecular formula is C15H19N5O3S2. The van der Waals surface area contributed by atoms with Crippen LogP contribution in [0.2, 0.25) is 0 Å². The monoisotopic (exact) mass is 381 g/mol. The molecule has 0 aliphatic heterocycles. The SMILES string of the molecule is COc1cc(NC(=S)NCc2ccc(S(=O)(=O)N(C)C)cc2)ncn1. The second kappa shape index (κ2) is 8.19. The second-order valence-corrected chi connectivity index (χ2v) is 7.74. The molecule has 10 heteroatoms. The molecule has 2 aromatic rings. The van der Waals surface area contributed by atoms with Crippen LogP contribution in [0.15, 0.2) is 41.6 Å². The summed E-state index contributed by atoms with van der Waals surface area (Å²) in [5.41, 5.74) is 0.891. The minimum absolute atomic E-state index is 0.245. The number of ether oxygens (including phenoxy) is 1. The largest absolute Gasteiger partial charge is 0.481 e. The molecule has 0 radical (unpaired) electrons. The average Bonchev–Trinajstić information content (AvgIpc) is 2.60. The van der Waals surface area contributed by atoms with Crippen molar-refractivity contribution in [2.75, 3.05) is 26.5 Å². The Morgan fingerprint density at radius 1 is 1.24 bits per heavy atom. The number of hydrogen-bond acceptors (Lipinski definition) is 6. The Kier molecular flexibility index (Phi) is 6.23. The van der Waals surface area contributed by atoms with Crippen molar-refractivity contribution < 1.29 is 13.2 Å². The van der Waals surface area contributed by atoms with Crippen molar-refractivity contribution in [2.24, 2.45) is 0 Å². The zero-order valence-electron chi connectivity index (χ0n) is 14.1. The van der Waals surface area contributed by atoms with E-state index in [2.05, 4.69) is 20.6 Å². The molecule has 134 valence electrons. The van der Waals surface area contributed by atoms with E-state index >= 15 is 0 Å². The molecule has 2 rings (SSSR count). The molecule has 0 saturated heterocycles. The fourth-order valence-corrected chi connectivity index (χ4v) is 2.93. The Balaban J connectivity index is 1.93. The van der Waals surface area contributed by atoms with Gasteiger partial charge in [-0.2, -0.15) is 0 Å². The van der Waals surface area contributed by atoms with Gasteiger partial charge in [0, 0.05) is 26.7 Å². The lowest BCUT2D eigenvalue weighted by atomic mass is 10.2. The number of thiocarbonyl (C=S) groups is 1. The number of nitrogens with one attached hydrogen (secondary N) is 2. The van der Waals surface area contributed by atoms with E-state index in [9.17, 15) is 8.42 Å². The molecule has 25 heavy (non-hydrogen) atoms. The van der Waals surface area contributed by atoms with Gasteiger partial charge in [0.25, 0.3) is 0 Å². The van der Waals surface area contributed by atoms with Gasteiger partial charge in [0.15, 0.2) is 5.11 Å². The first-order chi connectivity index (χ1) is 11.8. The minimum Gasteiger partial charge on any atom is -0.481 e. The van der Waals surface area contributed by atoms with Gasteiger partial charge in [0.1, 0.15) is 12.1 Å². The number of hydrogen-bond donors (Lipinski definition) is 2. The van der Waals surface area contributed by atoms with E-state index in [-0.39, 0.29) is 4.90 Å². The van der Waals surface area contributed by atoms with Crippen LogP contribution in [0.1, 0.15) is 5.56 Å². The van der Waals surface area contributed by atoms with Crippen molar-refractivity contribution in [1.29, 1.82) is 0 Å². The third kappa shape index (κ3) is 5.08. The summed E-state index contributed by atoms with van der Waals surface area (Å²) in [5, 5.41) is 6.33. The summed E-state index contributed by atoms with van der Waals surface area (Å²) in [6, 6.07) is 8.23. The minimum atomic E-state index is -3.42. The third-order valence-electron chi connectivity index (χ3n) is 3.25. The molecule has 0 aliphatic carbocycles. The predicted octanol–water partition coefficient (Wildman–Crippen LogP) is 1.22. The molecule has 0 amide bonds. The Morgan fingerprint density at radius 3 is 2.52 bits per heavy atom. The Morgan fingerprint density at radius 2 is 1.92 bits per heavy atom. The molecule has 0 fully saturated rings. The molecule has 0 bridgehead atoms. The normalized spacial score (nSPS) is 11.2. The van der Waals surface area contributed by atoms with Crippen LogP contribution in [0.3, 0.4) is 0 Å². The number of sulfonamides is 1. The Labute approximate surface area is 152 Å². The highest BCUT2D eigenvalue weighted by molar-refractivity contribution is 7.89. The molecule has 2 N–H and O–H groups in total. The smallest absolute Gasteiger partial charge is 0.242 e. The Hall–Kier alpha value is -2.30. The quantitative estimate of drug-likeness (QED) is 0.721. The summed E-state index contributed by atoms with van der Waals surface area (Å²) in [5.74, 6) is 0.940. The Bertz CT molecular complexity index is 839. The van der Waals surface area contributed by atoms with Crippen molar-refractivity contribution >= 4 is 33.2 Å². The van der Waals surface area contributed by atoms with E-state index in [0.29, 0.717) is 23.4 Å². The van der Waals surface area contributed by atoms with Crippen LogP contribution in [0, 0.1) is 0 Å². The summed E-state index contributed by atoms with van der Waals surface area (Å²) in [6.45, 7) is 0.441. The molecule has 0 spiro atoms. The first-order valence-corrected chi connectivity index (χ1v) is 9.10. The maximum absolute atomic E-state index is 12.0. The highest BCUT2D eigenvalue weighted by atomic mass is 32.2. The van der Waals surface area contributed by atoms with Crippen molar-refractivity contribution in [3.63, 3.8) is 0 Å². The molecule has 1 aromatic carbocycles. The number of aromatic nitrogens is 2. The van der Waals surface area contributed by atoms with Crippen molar-refractivity contribution in [3.8, 4) is 5.88 Å². The van der Waals surface area contributed by atoms with Gasteiger partial charge in [-0.3, -0.25) is 0 Å². The van der Waals surface area contributed by atoms with Crippen molar-refractivity contribution in [2.45, 2.75) is 11.4 Å². The molecular weight excluding hydrogens is 362 g/mol. The van der Waals surface area contributed by atoms with Gasteiger partial charge in [-0.25, -0.2) is 22.7 Å². The van der Waals surface area contributed by atoms with Crippen LogP contribution in [0.4, 0.5) is 5.82 Å². The maximum atomic E-state index is 12.0. The summed E-state index contributed by atoms with van der Waals surface area (Å²) in [4.78, 5) is 8.19. The van der Waals surface area contributed by atoms with Crippen molar-refractivity contribution in [1.82, 2.24) is 19.6 Å². The first-order valence-electron chi connectivity index (χ1n) is 7.25. The highest BCUT2D eigenvalue weighted by Gasteiger charge is 2.16.